The fourth-order valence-corrected chi connectivity index (χ4v) is 3.72. The third-order valence-corrected chi connectivity index (χ3v) is 5.54. The predicted molar refractivity (Wildman–Crippen MR) is 141 cm³/mol. The van der Waals surface area contributed by atoms with Gasteiger partial charge in [0.15, 0.2) is 23.0 Å². The molecule has 0 unspecified atom stereocenters. The maximum atomic E-state index is 5.40. The molecule has 0 bridgehead atoms. The van der Waals surface area contributed by atoms with E-state index in [1.165, 1.54) is 0 Å². The van der Waals surface area contributed by atoms with Gasteiger partial charge in [0.1, 0.15) is 0 Å². The lowest BCUT2D eigenvalue weighted by atomic mass is 10.1. The lowest BCUT2D eigenvalue weighted by Crippen LogP contribution is -2.35. The van der Waals surface area contributed by atoms with Crippen LogP contribution < -0.4 is 49.7 Å². The van der Waals surface area contributed by atoms with Crippen molar-refractivity contribution in [2.45, 2.75) is 13.1 Å². The summed E-state index contributed by atoms with van der Waals surface area (Å²) < 4.78 is 32.4. The standard InChI is InChI=1S/C26H42N4O6/c1-31-21-13-19(14-22(32-2)25(21)35-5)17-29-11-9-27-7-8-28-10-12-30-18-20-15-23(33-3)26(36-6)24(16-20)34-4/h13-16,27-30H,7-12,17-18H2,1-6H3. The van der Waals surface area contributed by atoms with Crippen LogP contribution in [0.15, 0.2) is 24.3 Å². The van der Waals surface area contributed by atoms with Crippen molar-refractivity contribution in [1.29, 1.82) is 0 Å². The summed E-state index contributed by atoms with van der Waals surface area (Å²) in [6, 6.07) is 7.84. The Balaban J connectivity index is 1.55. The SMILES string of the molecule is COc1cc(CNCCNCCNCCNCc2cc(OC)c(OC)c(OC)c2)cc(OC)c1OC. The van der Waals surface area contributed by atoms with Gasteiger partial charge in [-0.15, -0.1) is 0 Å². The molecule has 2 rings (SSSR count). The molecule has 10 nitrogen and oxygen atoms in total. The minimum atomic E-state index is 0.606. The number of methoxy groups -OCH3 is 6. The molecule has 2 aromatic rings. The molecule has 0 saturated carbocycles. The highest BCUT2D eigenvalue weighted by atomic mass is 16.5. The molecule has 0 aromatic heterocycles. The first-order valence-corrected chi connectivity index (χ1v) is 12.0. The Morgan fingerprint density at radius 2 is 0.694 bits per heavy atom. The number of hydrogen-bond acceptors (Lipinski definition) is 10. The Hall–Kier alpha value is -2.92. The Bertz CT molecular complexity index is 788. The Morgan fingerprint density at radius 1 is 0.417 bits per heavy atom. The quantitative estimate of drug-likeness (QED) is 0.211. The van der Waals surface area contributed by atoms with Gasteiger partial charge < -0.3 is 49.7 Å². The minimum Gasteiger partial charge on any atom is -0.493 e. The number of ether oxygens (including phenoxy) is 6. The summed E-state index contributed by atoms with van der Waals surface area (Å²) in [6.45, 7) is 6.71. The van der Waals surface area contributed by atoms with Crippen LogP contribution in [0, 0.1) is 0 Å². The van der Waals surface area contributed by atoms with Crippen LogP contribution in [0.5, 0.6) is 34.5 Å². The van der Waals surface area contributed by atoms with Crippen molar-refractivity contribution in [3.8, 4) is 34.5 Å². The molecule has 4 N–H and O–H groups in total. The molecule has 0 radical (unpaired) electrons. The second kappa shape index (κ2) is 16.7. The molecule has 0 heterocycles. The first-order valence-electron chi connectivity index (χ1n) is 12.0. The van der Waals surface area contributed by atoms with Crippen LogP contribution in [0.2, 0.25) is 0 Å². The molecule has 36 heavy (non-hydrogen) atoms. The van der Waals surface area contributed by atoms with Crippen molar-refractivity contribution >= 4 is 0 Å². The highest BCUT2D eigenvalue weighted by molar-refractivity contribution is 5.54. The van der Waals surface area contributed by atoms with E-state index in [4.69, 9.17) is 28.4 Å². The lowest BCUT2D eigenvalue weighted by molar-refractivity contribution is 0.323. The van der Waals surface area contributed by atoms with Crippen LogP contribution in [0.25, 0.3) is 0 Å². The third-order valence-electron chi connectivity index (χ3n) is 5.54. The average Bonchev–Trinajstić information content (AvgIpc) is 2.92. The fourth-order valence-electron chi connectivity index (χ4n) is 3.72. The van der Waals surface area contributed by atoms with Crippen LogP contribution >= 0.6 is 0 Å². The van der Waals surface area contributed by atoms with E-state index in [1.54, 1.807) is 42.7 Å². The molecule has 0 aliphatic heterocycles. The maximum Gasteiger partial charge on any atom is 0.203 e. The van der Waals surface area contributed by atoms with Gasteiger partial charge >= 0.3 is 0 Å². The molecule has 0 atom stereocenters. The number of benzene rings is 2. The van der Waals surface area contributed by atoms with E-state index in [0.717, 1.165) is 50.4 Å². The van der Waals surface area contributed by atoms with Gasteiger partial charge in [0, 0.05) is 52.4 Å². The highest BCUT2D eigenvalue weighted by Gasteiger charge is 2.13. The van der Waals surface area contributed by atoms with Gasteiger partial charge in [-0.3, -0.25) is 0 Å². The summed E-state index contributed by atoms with van der Waals surface area (Å²) in [5.41, 5.74) is 2.15. The zero-order valence-electron chi connectivity index (χ0n) is 22.4. The Labute approximate surface area is 214 Å². The predicted octanol–water partition coefficient (Wildman–Crippen LogP) is 1.80. The molecular formula is C26H42N4O6. The van der Waals surface area contributed by atoms with Crippen molar-refractivity contribution in [1.82, 2.24) is 21.3 Å². The first-order chi connectivity index (χ1) is 17.6. The van der Waals surface area contributed by atoms with Crippen LogP contribution in [-0.2, 0) is 13.1 Å². The number of hydrogen-bond donors (Lipinski definition) is 4. The maximum absolute atomic E-state index is 5.40. The largest absolute Gasteiger partial charge is 0.493 e. The zero-order chi connectivity index (χ0) is 26.2. The van der Waals surface area contributed by atoms with Gasteiger partial charge in [0.2, 0.25) is 11.5 Å². The zero-order valence-corrected chi connectivity index (χ0v) is 22.4. The molecule has 2 aromatic carbocycles. The molecule has 10 heteroatoms. The van der Waals surface area contributed by atoms with E-state index in [2.05, 4.69) is 21.3 Å². The van der Waals surface area contributed by atoms with Gasteiger partial charge in [-0.1, -0.05) is 0 Å². The van der Waals surface area contributed by atoms with Crippen LogP contribution in [0.1, 0.15) is 11.1 Å². The first kappa shape index (κ1) is 29.3. The average molecular weight is 507 g/mol. The molecule has 202 valence electrons. The van der Waals surface area contributed by atoms with E-state index in [9.17, 15) is 0 Å². The van der Waals surface area contributed by atoms with Gasteiger partial charge in [0.05, 0.1) is 42.7 Å². The van der Waals surface area contributed by atoms with Gasteiger partial charge in [-0.25, -0.2) is 0 Å². The van der Waals surface area contributed by atoms with Crippen molar-refractivity contribution in [2.24, 2.45) is 0 Å². The van der Waals surface area contributed by atoms with Gasteiger partial charge in [0.25, 0.3) is 0 Å². The summed E-state index contributed by atoms with van der Waals surface area (Å²) in [7, 11) is 9.70. The molecule has 0 aliphatic rings. The smallest absolute Gasteiger partial charge is 0.203 e. The Morgan fingerprint density at radius 3 is 0.944 bits per heavy atom. The van der Waals surface area contributed by atoms with Gasteiger partial charge in [-0.05, 0) is 35.4 Å². The second-order valence-corrected chi connectivity index (χ2v) is 7.92. The van der Waals surface area contributed by atoms with Crippen molar-refractivity contribution < 1.29 is 28.4 Å². The van der Waals surface area contributed by atoms with E-state index < -0.39 is 0 Å². The van der Waals surface area contributed by atoms with Crippen molar-refractivity contribution in [3.63, 3.8) is 0 Å². The van der Waals surface area contributed by atoms with Crippen LogP contribution in [-0.4, -0.2) is 81.9 Å². The van der Waals surface area contributed by atoms with Crippen LogP contribution in [0.3, 0.4) is 0 Å². The molecule has 0 aliphatic carbocycles. The van der Waals surface area contributed by atoms with Crippen molar-refractivity contribution in [3.05, 3.63) is 35.4 Å². The molecule has 0 saturated heterocycles. The second-order valence-electron chi connectivity index (χ2n) is 7.92. The molecule has 0 spiro atoms. The van der Waals surface area contributed by atoms with Crippen LogP contribution in [0.4, 0.5) is 0 Å². The normalized spacial score (nSPS) is 10.7. The molecular weight excluding hydrogens is 464 g/mol. The topological polar surface area (TPSA) is 104 Å². The minimum absolute atomic E-state index is 0.606. The van der Waals surface area contributed by atoms with E-state index in [0.29, 0.717) is 47.6 Å². The molecule has 0 amide bonds. The third kappa shape index (κ3) is 8.94. The summed E-state index contributed by atoms with van der Waals surface area (Å²) >= 11 is 0. The summed E-state index contributed by atoms with van der Waals surface area (Å²) in [4.78, 5) is 0. The van der Waals surface area contributed by atoms with E-state index >= 15 is 0 Å². The summed E-state index contributed by atoms with van der Waals surface area (Å²) in [5, 5.41) is 13.7. The van der Waals surface area contributed by atoms with Gasteiger partial charge in [-0.2, -0.15) is 0 Å². The summed E-state index contributed by atoms with van der Waals surface area (Å²) in [6.07, 6.45) is 0. The lowest BCUT2D eigenvalue weighted by Gasteiger charge is -2.15. The van der Waals surface area contributed by atoms with E-state index in [1.807, 2.05) is 24.3 Å². The van der Waals surface area contributed by atoms with E-state index in [-0.39, 0.29) is 0 Å². The highest BCUT2D eigenvalue weighted by Crippen LogP contribution is 2.39. The fraction of sp³-hybridized carbons (Fsp3) is 0.538. The summed E-state index contributed by atoms with van der Waals surface area (Å²) in [5.74, 6) is 3.86. The molecule has 0 fully saturated rings. The number of nitrogens with one attached hydrogen (secondary N) is 4. The number of rotatable bonds is 19. The van der Waals surface area contributed by atoms with Crippen molar-refractivity contribution in [2.75, 3.05) is 81.9 Å². The Kier molecular flexibility index (Phi) is 13.6. The monoisotopic (exact) mass is 506 g/mol.